The minimum absolute atomic E-state index is 0.0339. The second-order valence-electron chi connectivity index (χ2n) is 5.45. The second-order valence-corrected chi connectivity index (χ2v) is 6.94. The Hall–Kier alpha value is -0.0900. The molecule has 0 aromatic rings. The van der Waals surface area contributed by atoms with Crippen LogP contribution in [0.2, 0.25) is 0 Å². The van der Waals surface area contributed by atoms with Crippen molar-refractivity contribution in [1.29, 1.82) is 0 Å². The highest BCUT2D eigenvalue weighted by Gasteiger charge is 2.54. The summed E-state index contributed by atoms with van der Waals surface area (Å²) in [6.45, 7) is 4.45. The van der Waals surface area contributed by atoms with Crippen molar-refractivity contribution in [2.24, 2.45) is 23.2 Å². The zero-order valence-corrected chi connectivity index (χ0v) is 9.55. The average molecular weight is 218 g/mol. The van der Waals surface area contributed by atoms with E-state index in [-0.39, 0.29) is 11.7 Å². The quantitative estimate of drug-likeness (QED) is 0.721. The normalized spacial score (nSPS) is 40.4. The third kappa shape index (κ3) is 1.58. The SMILES string of the molecule is CC1(C)[C@H]2CC[C@@H](CS(=O)(=O)O)[C@@H]1C2. The van der Waals surface area contributed by atoms with E-state index in [9.17, 15) is 8.42 Å². The molecule has 0 aromatic heterocycles. The number of fused-ring (bicyclic) bond motifs is 2. The Labute approximate surface area is 85.6 Å². The summed E-state index contributed by atoms with van der Waals surface area (Å²) >= 11 is 0. The Morgan fingerprint density at radius 1 is 1.36 bits per heavy atom. The third-order valence-electron chi connectivity index (χ3n) is 4.43. The summed E-state index contributed by atoms with van der Waals surface area (Å²) in [7, 11) is -3.78. The standard InChI is InChI=1S/C10H18O3S/c1-10(2)8-4-3-7(9(10)5-8)6-14(11,12)13/h7-9H,3-6H2,1-2H3,(H,11,12,13)/t7-,8-,9-/m0/s1. The lowest BCUT2D eigenvalue weighted by atomic mass is 9.46. The van der Waals surface area contributed by atoms with E-state index in [2.05, 4.69) is 13.8 Å². The molecule has 0 radical (unpaired) electrons. The summed E-state index contributed by atoms with van der Waals surface area (Å²) in [5.74, 6) is 1.44. The van der Waals surface area contributed by atoms with Gasteiger partial charge in [0.05, 0.1) is 5.75 Å². The van der Waals surface area contributed by atoms with Crippen LogP contribution in [-0.4, -0.2) is 18.7 Å². The fraction of sp³-hybridized carbons (Fsp3) is 1.00. The van der Waals surface area contributed by atoms with Crippen molar-refractivity contribution >= 4 is 10.1 Å². The highest BCUT2D eigenvalue weighted by molar-refractivity contribution is 7.85. The van der Waals surface area contributed by atoms with Crippen molar-refractivity contribution in [3.05, 3.63) is 0 Å². The summed E-state index contributed by atoms with van der Waals surface area (Å²) in [6.07, 6.45) is 3.26. The van der Waals surface area contributed by atoms with E-state index >= 15 is 0 Å². The molecule has 0 spiro atoms. The minimum atomic E-state index is -3.78. The number of rotatable bonds is 2. The van der Waals surface area contributed by atoms with Gasteiger partial charge in [-0.25, -0.2) is 0 Å². The molecule has 1 N–H and O–H groups in total. The number of hydrogen-bond acceptors (Lipinski definition) is 2. The monoisotopic (exact) mass is 218 g/mol. The van der Waals surface area contributed by atoms with Gasteiger partial charge >= 0.3 is 0 Å². The molecule has 0 aromatic carbocycles. The zero-order valence-electron chi connectivity index (χ0n) is 8.73. The molecule has 3 nitrogen and oxygen atoms in total. The molecular weight excluding hydrogens is 200 g/mol. The summed E-state index contributed by atoms with van der Waals surface area (Å²) in [6, 6.07) is 0. The van der Waals surface area contributed by atoms with Crippen LogP contribution in [0, 0.1) is 23.2 Å². The van der Waals surface area contributed by atoms with E-state index in [0.717, 1.165) is 25.2 Å². The van der Waals surface area contributed by atoms with E-state index in [4.69, 9.17) is 4.55 Å². The number of hydrogen-bond donors (Lipinski definition) is 1. The van der Waals surface area contributed by atoms with E-state index in [1.807, 2.05) is 0 Å². The molecule has 0 aliphatic heterocycles. The van der Waals surface area contributed by atoms with Gasteiger partial charge in [0.1, 0.15) is 0 Å². The van der Waals surface area contributed by atoms with Crippen LogP contribution >= 0.6 is 0 Å². The minimum Gasteiger partial charge on any atom is -0.286 e. The van der Waals surface area contributed by atoms with Gasteiger partial charge in [0.2, 0.25) is 0 Å². The lowest BCUT2D eigenvalue weighted by Gasteiger charge is -2.60. The van der Waals surface area contributed by atoms with Gasteiger partial charge in [-0.2, -0.15) is 8.42 Å². The Kier molecular flexibility index (Phi) is 2.20. The van der Waals surface area contributed by atoms with Crippen LogP contribution < -0.4 is 0 Å². The van der Waals surface area contributed by atoms with E-state index in [1.54, 1.807) is 0 Å². The van der Waals surface area contributed by atoms with Gasteiger partial charge in [-0.1, -0.05) is 13.8 Å². The molecule has 3 fully saturated rings. The zero-order chi connectivity index (χ0) is 10.6. The molecule has 0 heterocycles. The summed E-state index contributed by atoms with van der Waals surface area (Å²) in [4.78, 5) is 0. The van der Waals surface area contributed by atoms with Crippen LogP contribution in [0.25, 0.3) is 0 Å². The van der Waals surface area contributed by atoms with Gasteiger partial charge in [-0.15, -0.1) is 0 Å². The first-order chi connectivity index (χ1) is 6.31. The van der Waals surface area contributed by atoms with Gasteiger partial charge in [0.15, 0.2) is 0 Å². The molecule has 2 bridgehead atoms. The molecule has 3 saturated carbocycles. The molecule has 0 unspecified atom stereocenters. The first-order valence-corrected chi connectivity index (χ1v) is 6.87. The predicted molar refractivity (Wildman–Crippen MR) is 54.5 cm³/mol. The Balaban J connectivity index is 2.08. The van der Waals surface area contributed by atoms with Crippen molar-refractivity contribution < 1.29 is 13.0 Å². The third-order valence-corrected chi connectivity index (χ3v) is 5.28. The fourth-order valence-electron chi connectivity index (χ4n) is 3.43. The predicted octanol–water partition coefficient (Wildman–Crippen LogP) is 1.95. The molecule has 3 aliphatic carbocycles. The van der Waals surface area contributed by atoms with Crippen molar-refractivity contribution in [1.82, 2.24) is 0 Å². The highest BCUT2D eigenvalue weighted by Crippen LogP contribution is 2.61. The van der Waals surface area contributed by atoms with Gasteiger partial charge in [-0.3, -0.25) is 4.55 Å². The first-order valence-electron chi connectivity index (χ1n) is 5.26. The smallest absolute Gasteiger partial charge is 0.265 e. The molecule has 3 aliphatic rings. The van der Waals surface area contributed by atoms with Crippen LogP contribution in [0.4, 0.5) is 0 Å². The molecule has 3 rings (SSSR count). The molecule has 0 amide bonds. The topological polar surface area (TPSA) is 54.4 Å². The highest BCUT2D eigenvalue weighted by atomic mass is 32.2. The summed E-state index contributed by atoms with van der Waals surface area (Å²) in [5.41, 5.74) is 0.299. The maximum absolute atomic E-state index is 10.8. The van der Waals surface area contributed by atoms with Crippen molar-refractivity contribution in [3.63, 3.8) is 0 Å². The molecule has 4 heteroatoms. The van der Waals surface area contributed by atoms with Gasteiger partial charge < -0.3 is 0 Å². The Morgan fingerprint density at radius 3 is 2.43 bits per heavy atom. The maximum Gasteiger partial charge on any atom is 0.265 e. The fourth-order valence-corrected chi connectivity index (χ4v) is 4.37. The maximum atomic E-state index is 10.8. The molecule has 0 saturated heterocycles. The van der Waals surface area contributed by atoms with Crippen LogP contribution in [0.1, 0.15) is 33.1 Å². The van der Waals surface area contributed by atoms with Crippen LogP contribution in [-0.2, 0) is 10.1 Å². The molecular formula is C10H18O3S. The van der Waals surface area contributed by atoms with Crippen LogP contribution in [0.5, 0.6) is 0 Å². The van der Waals surface area contributed by atoms with Gasteiger partial charge in [-0.05, 0) is 42.4 Å². The van der Waals surface area contributed by atoms with E-state index < -0.39 is 10.1 Å². The van der Waals surface area contributed by atoms with Crippen molar-refractivity contribution in [2.45, 2.75) is 33.1 Å². The van der Waals surface area contributed by atoms with E-state index in [0.29, 0.717) is 11.3 Å². The first kappa shape index (κ1) is 10.4. The average Bonchev–Trinajstić information content (AvgIpc) is 2.00. The van der Waals surface area contributed by atoms with Crippen molar-refractivity contribution in [3.8, 4) is 0 Å². The summed E-state index contributed by atoms with van der Waals surface area (Å²) in [5, 5.41) is 0. The Bertz CT molecular complexity index is 329. The largest absolute Gasteiger partial charge is 0.286 e. The van der Waals surface area contributed by atoms with Crippen molar-refractivity contribution in [2.75, 3.05) is 5.75 Å². The van der Waals surface area contributed by atoms with E-state index in [1.165, 1.54) is 0 Å². The van der Waals surface area contributed by atoms with Gasteiger partial charge in [0.25, 0.3) is 10.1 Å². The lowest BCUT2D eigenvalue weighted by Crippen LogP contribution is -2.53. The van der Waals surface area contributed by atoms with Gasteiger partial charge in [0, 0.05) is 0 Å². The second kappa shape index (κ2) is 2.95. The van der Waals surface area contributed by atoms with Crippen LogP contribution in [0.15, 0.2) is 0 Å². The lowest BCUT2D eigenvalue weighted by molar-refractivity contribution is -0.0980. The molecule has 3 atom stereocenters. The summed E-state index contributed by atoms with van der Waals surface area (Å²) < 4.78 is 30.5. The Morgan fingerprint density at radius 2 is 2.00 bits per heavy atom. The molecule has 14 heavy (non-hydrogen) atoms. The molecule has 82 valence electrons. The van der Waals surface area contributed by atoms with Crippen LogP contribution in [0.3, 0.4) is 0 Å².